The van der Waals surface area contributed by atoms with E-state index in [1.165, 1.54) is 13.2 Å². The van der Waals surface area contributed by atoms with Crippen molar-refractivity contribution in [3.8, 4) is 22.6 Å². The van der Waals surface area contributed by atoms with Gasteiger partial charge in [-0.1, -0.05) is 18.2 Å². The largest absolute Gasteiger partial charge is 0.507 e. The molecule has 0 aliphatic carbocycles. The van der Waals surface area contributed by atoms with Gasteiger partial charge in [-0.05, 0) is 35.4 Å². The van der Waals surface area contributed by atoms with Gasteiger partial charge in [0.05, 0.1) is 12.7 Å². The van der Waals surface area contributed by atoms with E-state index in [0.717, 1.165) is 12.1 Å². The van der Waals surface area contributed by atoms with Crippen molar-refractivity contribution in [2.24, 2.45) is 0 Å². The predicted molar refractivity (Wildman–Crippen MR) is 65.1 cm³/mol. The number of halogens is 3. The van der Waals surface area contributed by atoms with Crippen LogP contribution in [0.3, 0.4) is 0 Å². The van der Waals surface area contributed by atoms with Crippen LogP contribution in [-0.2, 0) is 6.18 Å². The van der Waals surface area contributed by atoms with E-state index in [4.69, 9.17) is 4.74 Å². The lowest BCUT2D eigenvalue weighted by Crippen LogP contribution is -2.05. The Kier molecular flexibility index (Phi) is 3.38. The van der Waals surface area contributed by atoms with Gasteiger partial charge in [-0.3, -0.25) is 0 Å². The fraction of sp³-hybridized carbons (Fsp3) is 0.143. The molecule has 0 spiro atoms. The van der Waals surface area contributed by atoms with Crippen molar-refractivity contribution >= 4 is 0 Å². The van der Waals surface area contributed by atoms with Crippen molar-refractivity contribution in [3.05, 3.63) is 48.0 Å². The van der Waals surface area contributed by atoms with Gasteiger partial charge in [0, 0.05) is 0 Å². The summed E-state index contributed by atoms with van der Waals surface area (Å²) in [5.41, 5.74) is -0.0418. The summed E-state index contributed by atoms with van der Waals surface area (Å²) in [5.74, 6) is -0.150. The molecule has 0 heterocycles. The molecule has 2 aromatic carbocycles. The molecule has 2 aromatic rings. The van der Waals surface area contributed by atoms with Crippen molar-refractivity contribution in [1.82, 2.24) is 0 Å². The molecule has 0 aliphatic rings. The zero-order valence-corrected chi connectivity index (χ0v) is 10.0. The van der Waals surface area contributed by atoms with E-state index >= 15 is 0 Å². The first-order valence-corrected chi connectivity index (χ1v) is 5.46. The Balaban J connectivity index is 2.45. The quantitative estimate of drug-likeness (QED) is 0.889. The van der Waals surface area contributed by atoms with Gasteiger partial charge in [0.2, 0.25) is 0 Å². The van der Waals surface area contributed by atoms with E-state index in [-0.39, 0.29) is 0 Å². The number of methoxy groups -OCH3 is 1. The van der Waals surface area contributed by atoms with Crippen LogP contribution < -0.4 is 4.74 Å². The van der Waals surface area contributed by atoms with Crippen LogP contribution in [-0.4, -0.2) is 12.2 Å². The summed E-state index contributed by atoms with van der Waals surface area (Å²) >= 11 is 0. The standard InChI is InChI=1S/C14H11F3O2/c1-19-11-5-2-9(3-6-11)10-4-7-13(18)12(8-10)14(15,16)17/h2-8,18H,1H3. The van der Waals surface area contributed by atoms with Crippen LogP contribution in [0.5, 0.6) is 11.5 Å². The topological polar surface area (TPSA) is 29.5 Å². The second-order valence-electron chi connectivity index (χ2n) is 3.96. The molecular formula is C14H11F3O2. The third-order valence-electron chi connectivity index (χ3n) is 2.73. The van der Waals surface area contributed by atoms with Crippen LogP contribution in [0.4, 0.5) is 13.2 Å². The molecule has 0 aliphatic heterocycles. The lowest BCUT2D eigenvalue weighted by Gasteiger charge is -2.11. The highest BCUT2D eigenvalue weighted by atomic mass is 19.4. The molecule has 0 saturated carbocycles. The average Bonchev–Trinajstić information content (AvgIpc) is 2.38. The predicted octanol–water partition coefficient (Wildman–Crippen LogP) is 4.09. The molecule has 0 saturated heterocycles. The van der Waals surface area contributed by atoms with Gasteiger partial charge < -0.3 is 9.84 Å². The minimum Gasteiger partial charge on any atom is -0.507 e. The Morgan fingerprint density at radius 1 is 0.947 bits per heavy atom. The van der Waals surface area contributed by atoms with Crippen molar-refractivity contribution in [2.75, 3.05) is 7.11 Å². The Hall–Kier alpha value is -2.17. The molecule has 5 heteroatoms. The summed E-state index contributed by atoms with van der Waals surface area (Å²) in [6, 6.07) is 10.0. The van der Waals surface area contributed by atoms with E-state index in [9.17, 15) is 18.3 Å². The zero-order chi connectivity index (χ0) is 14.0. The summed E-state index contributed by atoms with van der Waals surface area (Å²) in [7, 11) is 1.51. The maximum Gasteiger partial charge on any atom is 0.419 e. The van der Waals surface area contributed by atoms with Crippen molar-refractivity contribution < 1.29 is 23.0 Å². The molecule has 2 nitrogen and oxygen atoms in total. The molecule has 100 valence electrons. The summed E-state index contributed by atoms with van der Waals surface area (Å²) in [4.78, 5) is 0. The van der Waals surface area contributed by atoms with E-state index in [1.807, 2.05) is 0 Å². The molecule has 0 fully saturated rings. The Labute approximate surface area is 108 Å². The Morgan fingerprint density at radius 3 is 2.05 bits per heavy atom. The first-order valence-electron chi connectivity index (χ1n) is 5.46. The van der Waals surface area contributed by atoms with Crippen LogP contribution in [0.25, 0.3) is 11.1 Å². The molecule has 0 unspecified atom stereocenters. The maximum absolute atomic E-state index is 12.7. The smallest absolute Gasteiger partial charge is 0.419 e. The van der Waals surface area contributed by atoms with Crippen LogP contribution in [0, 0.1) is 0 Å². The Morgan fingerprint density at radius 2 is 1.53 bits per heavy atom. The first-order chi connectivity index (χ1) is 8.91. The fourth-order valence-electron chi connectivity index (χ4n) is 1.73. The van der Waals surface area contributed by atoms with E-state index < -0.39 is 17.5 Å². The molecule has 1 N–H and O–H groups in total. The summed E-state index contributed by atoms with van der Waals surface area (Å²) in [6.45, 7) is 0. The number of ether oxygens (including phenoxy) is 1. The minimum absolute atomic E-state index is 0.382. The third kappa shape index (κ3) is 2.81. The highest BCUT2D eigenvalue weighted by molar-refractivity contribution is 5.66. The van der Waals surface area contributed by atoms with Crippen molar-refractivity contribution in [1.29, 1.82) is 0 Å². The van der Waals surface area contributed by atoms with Gasteiger partial charge in [0.25, 0.3) is 0 Å². The first kappa shape index (κ1) is 13.3. The molecule has 0 amide bonds. The normalized spacial score (nSPS) is 11.4. The summed E-state index contributed by atoms with van der Waals surface area (Å²) in [5, 5.41) is 9.26. The molecule has 19 heavy (non-hydrogen) atoms. The number of phenols is 1. The maximum atomic E-state index is 12.7. The number of phenolic OH excluding ortho intramolecular Hbond substituents is 1. The number of hydrogen-bond donors (Lipinski definition) is 1. The van der Waals surface area contributed by atoms with Gasteiger partial charge in [0.1, 0.15) is 11.5 Å². The van der Waals surface area contributed by atoms with Crippen molar-refractivity contribution in [3.63, 3.8) is 0 Å². The molecule has 0 aromatic heterocycles. The summed E-state index contributed by atoms with van der Waals surface area (Å²) < 4.78 is 43.0. The molecule has 0 atom stereocenters. The summed E-state index contributed by atoms with van der Waals surface area (Å²) in [6.07, 6.45) is -4.58. The van der Waals surface area contributed by atoms with E-state index in [0.29, 0.717) is 16.9 Å². The molecular weight excluding hydrogens is 257 g/mol. The minimum atomic E-state index is -4.58. The second kappa shape index (κ2) is 4.84. The van der Waals surface area contributed by atoms with E-state index in [2.05, 4.69) is 0 Å². The van der Waals surface area contributed by atoms with Crippen LogP contribution in [0.2, 0.25) is 0 Å². The molecule has 0 bridgehead atoms. The Bertz CT molecular complexity index is 574. The highest BCUT2D eigenvalue weighted by Crippen LogP contribution is 2.38. The second-order valence-corrected chi connectivity index (χ2v) is 3.96. The van der Waals surface area contributed by atoms with Crippen LogP contribution in [0.1, 0.15) is 5.56 Å². The fourth-order valence-corrected chi connectivity index (χ4v) is 1.73. The number of hydrogen-bond acceptors (Lipinski definition) is 2. The van der Waals surface area contributed by atoms with Gasteiger partial charge in [-0.15, -0.1) is 0 Å². The van der Waals surface area contributed by atoms with Crippen LogP contribution >= 0.6 is 0 Å². The number of aromatic hydroxyl groups is 1. The third-order valence-corrected chi connectivity index (χ3v) is 2.73. The highest BCUT2D eigenvalue weighted by Gasteiger charge is 2.34. The lowest BCUT2D eigenvalue weighted by molar-refractivity contribution is -0.138. The molecule has 0 radical (unpaired) electrons. The van der Waals surface area contributed by atoms with Crippen LogP contribution in [0.15, 0.2) is 42.5 Å². The van der Waals surface area contributed by atoms with Gasteiger partial charge in [0.15, 0.2) is 0 Å². The number of benzene rings is 2. The zero-order valence-electron chi connectivity index (χ0n) is 10.0. The van der Waals surface area contributed by atoms with Gasteiger partial charge in [-0.2, -0.15) is 13.2 Å². The molecule has 2 rings (SSSR count). The number of rotatable bonds is 2. The van der Waals surface area contributed by atoms with Gasteiger partial charge in [-0.25, -0.2) is 0 Å². The van der Waals surface area contributed by atoms with E-state index in [1.54, 1.807) is 24.3 Å². The lowest BCUT2D eigenvalue weighted by atomic mass is 10.0. The SMILES string of the molecule is COc1ccc(-c2ccc(O)c(C(F)(F)F)c2)cc1. The van der Waals surface area contributed by atoms with Crippen molar-refractivity contribution in [2.45, 2.75) is 6.18 Å². The van der Waals surface area contributed by atoms with Gasteiger partial charge >= 0.3 is 6.18 Å². The number of alkyl halides is 3. The average molecular weight is 268 g/mol. The monoisotopic (exact) mass is 268 g/mol.